The van der Waals surface area contributed by atoms with E-state index in [-0.39, 0.29) is 30.5 Å². The van der Waals surface area contributed by atoms with E-state index in [0.29, 0.717) is 12.3 Å². The molecule has 6 heteroatoms. The van der Waals surface area contributed by atoms with Gasteiger partial charge in [-0.25, -0.2) is 0 Å². The van der Waals surface area contributed by atoms with E-state index < -0.39 is 10.1 Å². The highest BCUT2D eigenvalue weighted by Crippen LogP contribution is 2.44. The number of fused-ring (bicyclic) bond motifs is 1. The van der Waals surface area contributed by atoms with Crippen molar-refractivity contribution >= 4 is 16.1 Å². The van der Waals surface area contributed by atoms with E-state index in [1.165, 1.54) is 0 Å². The van der Waals surface area contributed by atoms with Crippen LogP contribution >= 0.6 is 0 Å². The molecule has 0 amide bonds. The molecule has 0 N–H and O–H groups in total. The average Bonchev–Trinajstić information content (AvgIpc) is 2.56. The van der Waals surface area contributed by atoms with Gasteiger partial charge in [-0.1, -0.05) is 6.92 Å². The van der Waals surface area contributed by atoms with E-state index in [2.05, 4.69) is 0 Å². The standard InChI is InChI=1S/C10H16O5S/c1-6-3-9-7(4-10(11)15-9)8(6)5-14-16(2,12)13/h6-9H,3-5H2,1-2H3/t6-,7-,8+,9?/m1/s1. The maximum Gasteiger partial charge on any atom is 0.306 e. The Balaban J connectivity index is 2.00. The smallest absolute Gasteiger partial charge is 0.306 e. The van der Waals surface area contributed by atoms with Crippen LogP contribution in [0.15, 0.2) is 0 Å². The summed E-state index contributed by atoms with van der Waals surface area (Å²) in [6.45, 7) is 2.21. The molecule has 2 fully saturated rings. The number of hydrogen-bond acceptors (Lipinski definition) is 5. The lowest BCUT2D eigenvalue weighted by Gasteiger charge is -2.18. The number of rotatable bonds is 3. The second-order valence-corrected chi connectivity index (χ2v) is 6.41. The molecule has 2 aliphatic rings. The van der Waals surface area contributed by atoms with Crippen molar-refractivity contribution in [2.75, 3.05) is 12.9 Å². The van der Waals surface area contributed by atoms with Crippen LogP contribution in [0.3, 0.4) is 0 Å². The molecule has 0 aromatic carbocycles. The summed E-state index contributed by atoms with van der Waals surface area (Å²) in [7, 11) is -3.40. The fourth-order valence-corrected chi connectivity index (χ4v) is 3.14. The second-order valence-electron chi connectivity index (χ2n) is 4.76. The highest BCUT2D eigenvalue weighted by Gasteiger charge is 2.48. The molecule has 1 heterocycles. The molecule has 0 aromatic heterocycles. The minimum atomic E-state index is -3.40. The lowest BCUT2D eigenvalue weighted by atomic mass is 9.89. The maximum atomic E-state index is 11.1. The van der Waals surface area contributed by atoms with Crippen LogP contribution in [-0.2, 0) is 23.8 Å². The van der Waals surface area contributed by atoms with Gasteiger partial charge in [0.25, 0.3) is 10.1 Å². The third kappa shape index (κ3) is 2.38. The number of carbonyl (C=O) groups is 1. The number of ether oxygens (including phenoxy) is 1. The highest BCUT2D eigenvalue weighted by molar-refractivity contribution is 7.85. The normalized spacial score (nSPS) is 38.5. The van der Waals surface area contributed by atoms with E-state index in [4.69, 9.17) is 8.92 Å². The lowest BCUT2D eigenvalue weighted by Crippen LogP contribution is -2.22. The van der Waals surface area contributed by atoms with Crippen molar-refractivity contribution in [3.05, 3.63) is 0 Å². The van der Waals surface area contributed by atoms with Gasteiger partial charge in [0.2, 0.25) is 0 Å². The summed E-state index contributed by atoms with van der Waals surface area (Å²) in [5.74, 6) is 0.395. The molecular formula is C10H16O5S. The first-order valence-electron chi connectivity index (χ1n) is 5.40. The molecule has 0 aromatic rings. The molecule has 16 heavy (non-hydrogen) atoms. The van der Waals surface area contributed by atoms with Gasteiger partial charge in [0, 0.05) is 5.92 Å². The van der Waals surface area contributed by atoms with Gasteiger partial charge in [-0.15, -0.1) is 0 Å². The van der Waals surface area contributed by atoms with Gasteiger partial charge in [-0.2, -0.15) is 8.42 Å². The van der Waals surface area contributed by atoms with Crippen LogP contribution in [0.2, 0.25) is 0 Å². The summed E-state index contributed by atoms with van der Waals surface area (Å²) in [5, 5.41) is 0. The minimum Gasteiger partial charge on any atom is -0.462 e. The third-order valence-corrected chi connectivity index (χ3v) is 4.09. The van der Waals surface area contributed by atoms with E-state index >= 15 is 0 Å². The zero-order valence-corrected chi connectivity index (χ0v) is 10.2. The van der Waals surface area contributed by atoms with Crippen LogP contribution in [-0.4, -0.2) is 33.4 Å². The molecule has 1 aliphatic heterocycles. The van der Waals surface area contributed by atoms with Crippen LogP contribution in [0.1, 0.15) is 19.8 Å². The number of carbonyl (C=O) groups excluding carboxylic acids is 1. The fourth-order valence-electron chi connectivity index (χ4n) is 2.73. The Bertz CT molecular complexity index is 388. The molecular weight excluding hydrogens is 232 g/mol. The average molecular weight is 248 g/mol. The van der Waals surface area contributed by atoms with E-state index in [1.54, 1.807) is 0 Å². The van der Waals surface area contributed by atoms with Crippen molar-refractivity contribution in [2.24, 2.45) is 17.8 Å². The SMILES string of the molecule is C[C@@H]1CC2OC(=O)C[C@@H]2[C@H]1COS(C)(=O)=O. The molecule has 5 nitrogen and oxygen atoms in total. The van der Waals surface area contributed by atoms with Gasteiger partial charge in [0.1, 0.15) is 6.10 Å². The Morgan fingerprint density at radius 1 is 1.50 bits per heavy atom. The summed E-state index contributed by atoms with van der Waals surface area (Å²) in [5.41, 5.74) is 0. The van der Waals surface area contributed by atoms with Crippen LogP contribution in [0.5, 0.6) is 0 Å². The predicted octanol–water partition coefficient (Wildman–Crippen LogP) is 0.550. The summed E-state index contributed by atoms with van der Waals surface area (Å²) in [6.07, 6.45) is 2.22. The molecule has 1 aliphatic carbocycles. The lowest BCUT2D eigenvalue weighted by molar-refractivity contribution is -0.141. The first-order chi connectivity index (χ1) is 7.37. The highest BCUT2D eigenvalue weighted by atomic mass is 32.2. The van der Waals surface area contributed by atoms with Gasteiger partial charge < -0.3 is 4.74 Å². The molecule has 0 spiro atoms. The van der Waals surface area contributed by atoms with E-state index in [1.807, 2.05) is 6.92 Å². The van der Waals surface area contributed by atoms with Crippen molar-refractivity contribution in [3.63, 3.8) is 0 Å². The predicted molar refractivity (Wildman–Crippen MR) is 56.1 cm³/mol. The van der Waals surface area contributed by atoms with Gasteiger partial charge in [-0.3, -0.25) is 8.98 Å². The van der Waals surface area contributed by atoms with Crippen molar-refractivity contribution < 1.29 is 22.1 Å². The van der Waals surface area contributed by atoms with Crippen molar-refractivity contribution in [3.8, 4) is 0 Å². The molecule has 1 unspecified atom stereocenters. The zero-order valence-electron chi connectivity index (χ0n) is 9.38. The second kappa shape index (κ2) is 4.00. The van der Waals surface area contributed by atoms with Gasteiger partial charge in [0.15, 0.2) is 0 Å². The fraction of sp³-hybridized carbons (Fsp3) is 0.900. The maximum absolute atomic E-state index is 11.1. The quantitative estimate of drug-likeness (QED) is 0.539. The Labute approximate surface area is 95.2 Å². The van der Waals surface area contributed by atoms with Crippen molar-refractivity contribution in [1.82, 2.24) is 0 Å². The zero-order chi connectivity index (χ0) is 11.9. The van der Waals surface area contributed by atoms with Crippen LogP contribution in [0, 0.1) is 17.8 Å². The molecule has 0 bridgehead atoms. The van der Waals surface area contributed by atoms with Crippen LogP contribution < -0.4 is 0 Å². The molecule has 0 radical (unpaired) electrons. The van der Waals surface area contributed by atoms with E-state index in [0.717, 1.165) is 12.7 Å². The Morgan fingerprint density at radius 3 is 2.81 bits per heavy atom. The van der Waals surface area contributed by atoms with Crippen LogP contribution in [0.4, 0.5) is 0 Å². The monoisotopic (exact) mass is 248 g/mol. The van der Waals surface area contributed by atoms with Gasteiger partial charge in [0.05, 0.1) is 19.3 Å². The van der Waals surface area contributed by atoms with E-state index in [9.17, 15) is 13.2 Å². The largest absolute Gasteiger partial charge is 0.462 e. The van der Waals surface area contributed by atoms with Crippen molar-refractivity contribution in [2.45, 2.75) is 25.9 Å². The Hall–Kier alpha value is -0.620. The summed E-state index contributed by atoms with van der Waals surface area (Å²) in [4.78, 5) is 11.1. The van der Waals surface area contributed by atoms with Crippen molar-refractivity contribution in [1.29, 1.82) is 0 Å². The minimum absolute atomic E-state index is 0.0318. The topological polar surface area (TPSA) is 69.7 Å². The molecule has 2 rings (SSSR count). The Kier molecular flexibility index (Phi) is 2.96. The molecule has 1 saturated heterocycles. The first-order valence-corrected chi connectivity index (χ1v) is 7.22. The summed E-state index contributed by atoms with van der Waals surface area (Å²) >= 11 is 0. The first kappa shape index (κ1) is 11.9. The van der Waals surface area contributed by atoms with Gasteiger partial charge >= 0.3 is 5.97 Å². The third-order valence-electron chi connectivity index (χ3n) is 3.52. The molecule has 4 atom stereocenters. The molecule has 1 saturated carbocycles. The summed E-state index contributed by atoms with van der Waals surface area (Å²) in [6, 6.07) is 0. The summed E-state index contributed by atoms with van der Waals surface area (Å²) < 4.78 is 31.9. The van der Waals surface area contributed by atoms with Crippen LogP contribution in [0.25, 0.3) is 0 Å². The molecule has 92 valence electrons. The Morgan fingerprint density at radius 2 is 2.19 bits per heavy atom. The number of hydrogen-bond donors (Lipinski definition) is 0. The van der Waals surface area contributed by atoms with Gasteiger partial charge in [-0.05, 0) is 18.3 Å². The number of esters is 1.